The number of carboxylic acid groups (broad SMARTS) is 1. The van der Waals surface area contributed by atoms with Crippen LogP contribution in [-0.4, -0.2) is 176 Å². The SMILES string of the molecule is CC(=O)[C@@H](O)CC(=O)O.CNC(=O)c1ccc(-c2cnc3ncc(Cc4ccc5ncccc5c4)n3n2)cc1F.COc1cc2nccc(Oc3ccc(NC(=O)C4(C(=O)Nc5ccc(F)cc5)CC4)cc3)c2cc1OC.C[C@@H](Oc1cc(-c2cnn(C3CCNCC3)c2)cnc1N)c1c(Cl)ccc(F)c1Cl.OCCn1cc(-c2cnc3nnn(Cc4ccc5ncccc5c4)c3n2)cn1. The van der Waals surface area contributed by atoms with Crippen molar-refractivity contribution in [2.75, 3.05) is 57.3 Å². The van der Waals surface area contributed by atoms with Crippen molar-refractivity contribution in [3.05, 3.63) is 287 Å². The second-order valence-electron chi connectivity index (χ2n) is 31.2. The summed E-state index contributed by atoms with van der Waals surface area (Å²) in [5.74, 6) is -1.23. The maximum absolute atomic E-state index is 14.4. The minimum Gasteiger partial charge on any atom is -0.493 e. The van der Waals surface area contributed by atoms with Crippen LogP contribution < -0.4 is 45.9 Å². The van der Waals surface area contributed by atoms with E-state index in [1.165, 1.54) is 55.6 Å². The summed E-state index contributed by atoms with van der Waals surface area (Å²) in [7, 11) is 4.58. The number of ketones is 1. The van der Waals surface area contributed by atoms with Gasteiger partial charge in [0.15, 0.2) is 34.5 Å². The fourth-order valence-corrected chi connectivity index (χ4v) is 15.2. The number of amides is 3. The molecule has 0 bridgehead atoms. The number of imidazole rings is 1. The Labute approximate surface area is 777 Å². The number of Topliss-reactive ketones (excluding diaryl/α,β-unsaturated/α-hetero) is 1. The van der Waals surface area contributed by atoms with Crippen LogP contribution in [0.3, 0.4) is 0 Å². The van der Waals surface area contributed by atoms with E-state index in [2.05, 4.69) is 98.9 Å². The van der Waals surface area contributed by atoms with Crippen LogP contribution >= 0.6 is 23.2 Å². The molecule has 34 nitrogen and oxygen atoms in total. The number of hydrogen-bond donors (Lipinski definition) is 8. The normalized spacial score (nSPS) is 13.0. The van der Waals surface area contributed by atoms with Crippen LogP contribution in [0.25, 0.3) is 83.4 Å². The average Bonchev–Trinajstić information content (AvgIpc) is 1.61. The van der Waals surface area contributed by atoms with E-state index in [0.29, 0.717) is 129 Å². The summed E-state index contributed by atoms with van der Waals surface area (Å²) in [5, 5.41) is 61.7. The molecule has 1 aliphatic carbocycles. The van der Waals surface area contributed by atoms with Crippen molar-refractivity contribution >= 4 is 120 Å². The Morgan fingerprint density at radius 2 is 1.32 bits per heavy atom. The molecule has 10 aromatic heterocycles. The van der Waals surface area contributed by atoms with Gasteiger partial charge in [0, 0.05) is 117 Å². The molecule has 39 heteroatoms. The van der Waals surface area contributed by atoms with Crippen molar-refractivity contribution in [3.8, 4) is 62.4 Å². The first-order valence-corrected chi connectivity index (χ1v) is 43.0. The molecule has 0 spiro atoms. The van der Waals surface area contributed by atoms with Crippen LogP contribution in [0.5, 0.6) is 28.7 Å². The second-order valence-corrected chi connectivity index (χ2v) is 32.0. The Morgan fingerprint density at radius 1 is 0.652 bits per heavy atom. The number of carbonyl (C=O) groups is 5. The highest BCUT2D eigenvalue weighted by atomic mass is 35.5. The molecule has 7 aromatic carbocycles. The molecule has 3 amide bonds. The van der Waals surface area contributed by atoms with Crippen molar-refractivity contribution in [2.45, 2.75) is 83.7 Å². The predicted octanol–water partition coefficient (Wildman–Crippen LogP) is 15.1. The number of pyridine rings is 4. The Morgan fingerprint density at radius 3 is 1.99 bits per heavy atom. The lowest BCUT2D eigenvalue weighted by Gasteiger charge is -2.22. The summed E-state index contributed by atoms with van der Waals surface area (Å²) in [6.45, 7) is 5.86. The fraction of sp³-hybridized carbons (Fsp3) is 0.208. The Bertz CT molecular complexity index is 7200. The number of nitrogens with zero attached hydrogens (tertiary/aromatic N) is 17. The molecule has 19 rings (SSSR count). The van der Waals surface area contributed by atoms with Gasteiger partial charge < -0.3 is 61.3 Å². The number of fused-ring (bicyclic) bond motifs is 5. The quantitative estimate of drug-likeness (QED) is 0.0195. The van der Waals surface area contributed by atoms with Gasteiger partial charge in [0.25, 0.3) is 11.7 Å². The topological polar surface area (TPSA) is 444 Å². The molecule has 2 atom stereocenters. The molecule has 11 heterocycles. The summed E-state index contributed by atoms with van der Waals surface area (Å²) >= 11 is 12.3. The molecule has 2 aliphatic rings. The number of halogens is 5. The lowest BCUT2D eigenvalue weighted by atomic mass is 10.0. The van der Waals surface area contributed by atoms with Gasteiger partial charge in [0.05, 0.1) is 116 Å². The number of aromatic nitrogens is 17. The van der Waals surface area contributed by atoms with E-state index in [1.54, 1.807) is 139 Å². The smallest absolute Gasteiger partial charge is 0.306 e. The maximum Gasteiger partial charge on any atom is 0.306 e. The molecule has 1 saturated heterocycles. The molecule has 0 radical (unpaired) electrons. The zero-order chi connectivity index (χ0) is 95.0. The number of aliphatic carboxylic acids is 1. The van der Waals surface area contributed by atoms with Gasteiger partial charge in [-0.05, 0) is 191 Å². The molecular weight excluding hydrogens is 1780 g/mol. The van der Waals surface area contributed by atoms with E-state index in [1.807, 2.05) is 71.8 Å². The Balaban J connectivity index is 0.000000133. The summed E-state index contributed by atoms with van der Waals surface area (Å²) in [6, 6.07) is 46.9. The lowest BCUT2D eigenvalue weighted by Crippen LogP contribution is -2.35. The number of nitrogens with two attached hydrogens (primary N) is 1. The molecular formula is C96H87Cl2F3N22O12. The standard InChI is InChI=1S/C28H24FN3O5.C23H17FN6O.C21H22Cl2FN5O.C19H16N8O.C5H8O4/c1-35-24-15-21-22(16-25(24)36-2)30-14-11-23(21)37-20-9-7-19(8-10-20)32-27(34)28(12-13-28)26(33)31-18-5-3-17(29)4-6-18;1-25-22(31)18-6-5-16(11-19(18)24)21-13-28-23-27-12-17(30(23)29-21)10-14-4-7-20-15(9-14)3-2-8-26-20;1-12(19-16(22)2-3-17(24)20(19)23)30-18-8-13(9-27-21(18)25)14-10-28-29(11-14)15-4-6-26-7-5-15;28-7-6-26-12-15(9-22-26)17-10-21-18-19(23-17)27(25-24-18)11-13-3-4-16-14(8-13)2-1-5-20-16;1-3(6)4(7)2-5(8)9/h3-11,14-16H,12-13H2,1-2H3,(H,31,33)(H,32,34);2-9,11-13H,10H2,1H3,(H,25,31);2-3,8-12,15,26H,4-7H2,1H3,(H2,25,27);1-5,8-10,12,28H,6-7,11H2;4,7H,2H2,1H3,(H,8,9)/t;;12-;;4-/m..1.0/s1. The molecule has 1 aliphatic heterocycles. The highest BCUT2D eigenvalue weighted by Gasteiger charge is 2.56. The Kier molecular flexibility index (Phi) is 29.6. The van der Waals surface area contributed by atoms with Crippen molar-refractivity contribution < 1.29 is 71.4 Å². The number of anilines is 3. The van der Waals surface area contributed by atoms with Crippen molar-refractivity contribution in [1.29, 1.82) is 0 Å². The number of piperidine rings is 1. The van der Waals surface area contributed by atoms with Gasteiger partial charge in [-0.2, -0.15) is 15.3 Å². The molecule has 0 unspecified atom stereocenters. The van der Waals surface area contributed by atoms with Crippen molar-refractivity contribution in [1.82, 2.24) is 94.7 Å². The van der Waals surface area contributed by atoms with E-state index >= 15 is 0 Å². The van der Waals surface area contributed by atoms with Crippen molar-refractivity contribution in [2.24, 2.45) is 5.41 Å². The fourth-order valence-electron chi connectivity index (χ4n) is 14.6. The number of aliphatic hydroxyl groups is 2. The number of nitrogen functional groups attached to an aromatic ring is 1. The third-order valence-corrected chi connectivity index (χ3v) is 22.7. The molecule has 17 aromatic rings. The first kappa shape index (κ1) is 93.8. The summed E-state index contributed by atoms with van der Waals surface area (Å²) in [5.41, 5.74) is 17.2. The number of benzene rings is 7. The number of carbonyl (C=O) groups excluding carboxylic acids is 4. The number of carboxylic acids is 1. The van der Waals surface area contributed by atoms with Crippen LogP contribution in [0.1, 0.15) is 90.8 Å². The van der Waals surface area contributed by atoms with Crippen LogP contribution in [-0.2, 0) is 38.7 Å². The first-order valence-electron chi connectivity index (χ1n) is 42.3. The van der Waals surface area contributed by atoms with E-state index in [0.717, 1.165) is 93.6 Å². The average molecular weight is 1870 g/mol. The predicted molar refractivity (Wildman–Crippen MR) is 498 cm³/mol. The van der Waals surface area contributed by atoms with Crippen LogP contribution in [0.2, 0.25) is 10.0 Å². The maximum atomic E-state index is 14.4. The number of ether oxygens (including phenoxy) is 4. The summed E-state index contributed by atoms with van der Waals surface area (Å²) in [6.07, 6.45) is 20.3. The zero-order valence-corrected chi connectivity index (χ0v) is 74.5. The van der Waals surface area contributed by atoms with E-state index < -0.39 is 65.1 Å². The number of rotatable bonds is 25. The van der Waals surface area contributed by atoms with Gasteiger partial charge in [0.2, 0.25) is 17.5 Å². The second kappa shape index (κ2) is 42.6. The van der Waals surface area contributed by atoms with Crippen molar-refractivity contribution in [3.63, 3.8) is 0 Å². The van der Waals surface area contributed by atoms with Crippen LogP contribution in [0.4, 0.5) is 30.4 Å². The number of aliphatic hydroxyl groups excluding tert-OH is 2. The molecule has 1 saturated carbocycles. The Hall–Kier alpha value is -15.8. The minimum absolute atomic E-state index is 0.0191. The third-order valence-electron chi connectivity index (χ3n) is 22.0. The lowest BCUT2D eigenvalue weighted by molar-refractivity contribution is -0.142. The van der Waals surface area contributed by atoms with Gasteiger partial charge in [0.1, 0.15) is 52.3 Å². The van der Waals surface area contributed by atoms with Gasteiger partial charge in [-0.25, -0.2) is 47.3 Å². The summed E-state index contributed by atoms with van der Waals surface area (Å²) in [4.78, 5) is 92.4. The minimum atomic E-state index is -1.34. The molecule has 2 fully saturated rings. The van der Waals surface area contributed by atoms with E-state index in [4.69, 9.17) is 63.2 Å². The van der Waals surface area contributed by atoms with Gasteiger partial charge in [-0.15, -0.1) is 5.10 Å². The molecule has 135 heavy (non-hydrogen) atoms. The van der Waals surface area contributed by atoms with Gasteiger partial charge >= 0.3 is 5.97 Å². The number of hydrogen-bond acceptors (Lipinski definition) is 26. The summed E-state index contributed by atoms with van der Waals surface area (Å²) < 4.78 is 71.3. The van der Waals surface area contributed by atoms with Crippen LogP contribution in [0, 0.1) is 22.9 Å². The van der Waals surface area contributed by atoms with Crippen LogP contribution in [0.15, 0.2) is 232 Å². The monoisotopic (exact) mass is 1870 g/mol. The van der Waals surface area contributed by atoms with E-state index in [9.17, 15) is 37.1 Å². The number of methoxy groups -OCH3 is 2. The molecule has 688 valence electrons. The van der Waals surface area contributed by atoms with E-state index in [-0.39, 0.29) is 28.9 Å². The first-order chi connectivity index (χ1) is 65.3. The third kappa shape index (κ3) is 22.7. The highest BCUT2D eigenvalue weighted by Crippen LogP contribution is 2.48. The highest BCUT2D eigenvalue weighted by molar-refractivity contribution is 6.36. The largest absolute Gasteiger partial charge is 0.493 e. The number of nitrogens with one attached hydrogen (secondary N) is 4. The van der Waals surface area contributed by atoms with Gasteiger partial charge in [-0.1, -0.05) is 58.7 Å². The van der Waals surface area contributed by atoms with Gasteiger partial charge in [-0.3, -0.25) is 48.3 Å². The molecule has 9 N–H and O–H groups in total. The zero-order valence-electron chi connectivity index (χ0n) is 73.0.